The molecular weight excluding hydrogens is 174 g/mol. The van der Waals surface area contributed by atoms with Gasteiger partial charge in [-0.1, -0.05) is 41.5 Å². The summed E-state index contributed by atoms with van der Waals surface area (Å²) in [6.07, 6.45) is 0. The van der Waals surface area contributed by atoms with Gasteiger partial charge < -0.3 is 4.74 Å². The molecule has 0 saturated carbocycles. The molecule has 0 aliphatic carbocycles. The fourth-order valence-electron chi connectivity index (χ4n) is 2.23. The molecule has 2 nitrogen and oxygen atoms in total. The van der Waals surface area contributed by atoms with Gasteiger partial charge in [0.15, 0.2) is 0 Å². The van der Waals surface area contributed by atoms with Crippen LogP contribution in [0, 0.1) is 16.7 Å². The van der Waals surface area contributed by atoms with E-state index >= 15 is 0 Å². The van der Waals surface area contributed by atoms with Crippen molar-refractivity contribution in [3.05, 3.63) is 0 Å². The highest BCUT2D eigenvalue weighted by atomic mass is 16.5. The number of rotatable bonds is 0. The summed E-state index contributed by atoms with van der Waals surface area (Å²) >= 11 is 0. The average Bonchev–Trinajstić information content (AvgIpc) is 2.01. The molecule has 0 amide bonds. The molecule has 2 atom stereocenters. The molecular formula is C12H25NO. The van der Waals surface area contributed by atoms with Crippen molar-refractivity contribution in [1.29, 1.82) is 0 Å². The van der Waals surface area contributed by atoms with Crippen LogP contribution in [0.3, 0.4) is 0 Å². The van der Waals surface area contributed by atoms with Crippen LogP contribution in [0.15, 0.2) is 0 Å². The van der Waals surface area contributed by atoms with Gasteiger partial charge in [-0.15, -0.1) is 0 Å². The molecule has 0 aromatic rings. The second kappa shape index (κ2) is 3.82. The minimum atomic E-state index is 0.307. The minimum absolute atomic E-state index is 0.307. The van der Waals surface area contributed by atoms with Crippen molar-refractivity contribution in [2.75, 3.05) is 13.3 Å². The van der Waals surface area contributed by atoms with E-state index in [1.165, 1.54) is 0 Å². The fraction of sp³-hybridized carbons (Fsp3) is 1.00. The number of hydrogen-bond donors (Lipinski definition) is 1. The first-order chi connectivity index (χ1) is 6.23. The molecule has 1 fully saturated rings. The highest BCUT2D eigenvalue weighted by molar-refractivity contribution is 4.93. The third-order valence-corrected chi connectivity index (χ3v) is 3.15. The maximum Gasteiger partial charge on any atom is 0.0967 e. The van der Waals surface area contributed by atoms with E-state index in [0.29, 0.717) is 29.5 Å². The zero-order chi connectivity index (χ0) is 11.0. The van der Waals surface area contributed by atoms with Gasteiger partial charge in [0.2, 0.25) is 0 Å². The molecule has 2 unspecified atom stereocenters. The Bertz CT molecular complexity index is 165. The predicted molar refractivity (Wildman–Crippen MR) is 60.1 cm³/mol. The van der Waals surface area contributed by atoms with E-state index in [2.05, 4.69) is 46.9 Å². The molecule has 0 spiro atoms. The molecule has 84 valence electrons. The van der Waals surface area contributed by atoms with Crippen molar-refractivity contribution in [3.63, 3.8) is 0 Å². The largest absolute Gasteiger partial charge is 0.366 e. The Morgan fingerprint density at radius 3 is 1.93 bits per heavy atom. The molecule has 2 heteroatoms. The summed E-state index contributed by atoms with van der Waals surface area (Å²) < 4.78 is 5.52. The average molecular weight is 199 g/mol. The Morgan fingerprint density at radius 2 is 1.57 bits per heavy atom. The van der Waals surface area contributed by atoms with Crippen LogP contribution in [-0.4, -0.2) is 19.4 Å². The van der Waals surface area contributed by atoms with E-state index in [1.807, 2.05) is 0 Å². The smallest absolute Gasteiger partial charge is 0.0967 e. The number of nitrogens with one attached hydrogen (secondary N) is 1. The highest BCUT2D eigenvalue weighted by Gasteiger charge is 2.40. The molecule has 1 saturated heterocycles. The number of ether oxygens (including phenoxy) is 1. The Hall–Kier alpha value is -0.0800. The lowest BCUT2D eigenvalue weighted by Crippen LogP contribution is -2.55. The first kappa shape index (κ1) is 12.0. The molecule has 1 aliphatic rings. The molecule has 1 aliphatic heterocycles. The Balaban J connectivity index is 2.80. The molecule has 14 heavy (non-hydrogen) atoms. The van der Waals surface area contributed by atoms with Crippen LogP contribution < -0.4 is 5.32 Å². The zero-order valence-electron chi connectivity index (χ0n) is 10.5. The minimum Gasteiger partial charge on any atom is -0.366 e. The monoisotopic (exact) mass is 199 g/mol. The summed E-state index contributed by atoms with van der Waals surface area (Å²) in [6.45, 7) is 15.4. The fourth-order valence-corrected chi connectivity index (χ4v) is 2.23. The van der Waals surface area contributed by atoms with Gasteiger partial charge in [0.25, 0.3) is 0 Å². The Morgan fingerprint density at radius 1 is 1.00 bits per heavy atom. The lowest BCUT2D eigenvalue weighted by Gasteiger charge is -2.46. The third kappa shape index (κ3) is 2.71. The van der Waals surface area contributed by atoms with Crippen LogP contribution in [0.2, 0.25) is 0 Å². The molecule has 0 bridgehead atoms. The molecule has 1 N–H and O–H groups in total. The summed E-state index contributed by atoms with van der Waals surface area (Å²) in [5.41, 5.74) is 0.618. The first-order valence-electron chi connectivity index (χ1n) is 5.54. The highest BCUT2D eigenvalue weighted by Crippen LogP contribution is 2.37. The van der Waals surface area contributed by atoms with E-state index in [0.717, 1.165) is 6.61 Å². The maximum absolute atomic E-state index is 5.52. The van der Waals surface area contributed by atoms with Gasteiger partial charge in [0.05, 0.1) is 13.3 Å². The predicted octanol–water partition coefficient (Wildman–Crippen LogP) is 2.64. The molecule has 0 radical (unpaired) electrons. The zero-order valence-corrected chi connectivity index (χ0v) is 10.5. The van der Waals surface area contributed by atoms with Crippen LogP contribution >= 0.6 is 0 Å². The van der Waals surface area contributed by atoms with Crippen LogP contribution in [0.4, 0.5) is 0 Å². The molecule has 0 aromatic carbocycles. The second-order valence-electron chi connectivity index (χ2n) is 6.54. The van der Waals surface area contributed by atoms with Crippen molar-refractivity contribution < 1.29 is 4.74 Å². The van der Waals surface area contributed by atoms with Gasteiger partial charge in [0.1, 0.15) is 0 Å². The summed E-state index contributed by atoms with van der Waals surface area (Å²) in [7, 11) is 0. The lowest BCUT2D eigenvalue weighted by atomic mass is 9.68. The van der Waals surface area contributed by atoms with Gasteiger partial charge in [0, 0.05) is 12.0 Å². The van der Waals surface area contributed by atoms with E-state index in [9.17, 15) is 0 Å². The van der Waals surface area contributed by atoms with E-state index in [1.54, 1.807) is 0 Å². The summed E-state index contributed by atoms with van der Waals surface area (Å²) in [4.78, 5) is 0. The normalized spacial score (nSPS) is 30.4. The van der Waals surface area contributed by atoms with Gasteiger partial charge in [-0.2, -0.15) is 0 Å². The van der Waals surface area contributed by atoms with Crippen LogP contribution in [0.1, 0.15) is 41.5 Å². The maximum atomic E-state index is 5.52. The quantitative estimate of drug-likeness (QED) is 0.647. The van der Waals surface area contributed by atoms with Crippen LogP contribution in [0.5, 0.6) is 0 Å². The molecule has 0 aromatic heterocycles. The molecule has 1 rings (SSSR count). The van der Waals surface area contributed by atoms with Crippen molar-refractivity contribution in [2.24, 2.45) is 16.7 Å². The lowest BCUT2D eigenvalue weighted by molar-refractivity contribution is -0.0532. The second-order valence-corrected chi connectivity index (χ2v) is 6.54. The topological polar surface area (TPSA) is 21.3 Å². The standard InChI is InChI=1S/C12H25NO/c1-11(2,3)9-7-14-8-13-10(9)12(4,5)6/h9-10,13H,7-8H2,1-6H3. The van der Waals surface area contributed by atoms with Crippen molar-refractivity contribution in [1.82, 2.24) is 5.32 Å². The van der Waals surface area contributed by atoms with Crippen molar-refractivity contribution in [3.8, 4) is 0 Å². The number of hydrogen-bond acceptors (Lipinski definition) is 2. The SMILES string of the molecule is CC(C)(C)C1COCNC1C(C)(C)C. The molecule has 1 heterocycles. The Kier molecular flexibility index (Phi) is 3.27. The van der Waals surface area contributed by atoms with Gasteiger partial charge in [-0.05, 0) is 10.8 Å². The Labute approximate surface area is 88.4 Å². The van der Waals surface area contributed by atoms with Gasteiger partial charge in [-0.25, -0.2) is 0 Å². The van der Waals surface area contributed by atoms with Gasteiger partial charge >= 0.3 is 0 Å². The van der Waals surface area contributed by atoms with Gasteiger partial charge in [-0.3, -0.25) is 5.32 Å². The first-order valence-corrected chi connectivity index (χ1v) is 5.54. The van der Waals surface area contributed by atoms with Crippen LogP contribution in [-0.2, 0) is 4.74 Å². The van der Waals surface area contributed by atoms with Crippen molar-refractivity contribution in [2.45, 2.75) is 47.6 Å². The van der Waals surface area contributed by atoms with Crippen molar-refractivity contribution >= 4 is 0 Å². The summed E-state index contributed by atoms with van der Waals surface area (Å²) in [5, 5.41) is 3.49. The van der Waals surface area contributed by atoms with Crippen LogP contribution in [0.25, 0.3) is 0 Å². The summed E-state index contributed by atoms with van der Waals surface area (Å²) in [5.74, 6) is 0.594. The van der Waals surface area contributed by atoms with E-state index in [-0.39, 0.29) is 0 Å². The van der Waals surface area contributed by atoms with E-state index in [4.69, 9.17) is 4.74 Å². The third-order valence-electron chi connectivity index (χ3n) is 3.15. The van der Waals surface area contributed by atoms with E-state index < -0.39 is 0 Å². The summed E-state index contributed by atoms with van der Waals surface area (Å²) in [6, 6.07) is 0.552.